The highest BCUT2D eigenvalue weighted by Crippen LogP contribution is 2.25. The monoisotopic (exact) mass is 164 g/mol. The summed E-state index contributed by atoms with van der Waals surface area (Å²) in [6, 6.07) is 0. The van der Waals surface area contributed by atoms with E-state index in [0.29, 0.717) is 0 Å². The van der Waals surface area contributed by atoms with Gasteiger partial charge in [0.05, 0.1) is 0 Å². The quantitative estimate of drug-likeness (QED) is 0.574. The van der Waals surface area contributed by atoms with Crippen LogP contribution < -0.4 is 0 Å². The molecule has 1 aliphatic heterocycles. The van der Waals surface area contributed by atoms with Crippen LogP contribution in [-0.4, -0.2) is 9.55 Å². The van der Waals surface area contributed by atoms with Gasteiger partial charge < -0.3 is 4.57 Å². The van der Waals surface area contributed by atoms with Crippen molar-refractivity contribution in [2.75, 3.05) is 0 Å². The molecule has 1 aromatic heterocycles. The fourth-order valence-electron chi connectivity index (χ4n) is 1.88. The van der Waals surface area contributed by atoms with Crippen molar-refractivity contribution in [2.45, 2.75) is 45.6 Å². The van der Waals surface area contributed by atoms with Gasteiger partial charge in [0.25, 0.3) is 0 Å². The van der Waals surface area contributed by atoms with Gasteiger partial charge in [-0.15, -0.1) is 0 Å². The van der Waals surface area contributed by atoms with Gasteiger partial charge in [0.1, 0.15) is 5.82 Å². The SMILES string of the molecule is CC(C)(C)c1ncc2n1CCC2. The minimum atomic E-state index is 0.197. The second kappa shape index (κ2) is 2.35. The summed E-state index contributed by atoms with van der Waals surface area (Å²) in [4.78, 5) is 4.47. The highest BCUT2D eigenvalue weighted by atomic mass is 15.1. The van der Waals surface area contributed by atoms with Crippen molar-refractivity contribution in [2.24, 2.45) is 0 Å². The molecule has 66 valence electrons. The minimum Gasteiger partial charge on any atom is -0.332 e. The first-order valence-corrected chi connectivity index (χ1v) is 4.64. The number of aryl methyl sites for hydroxylation is 1. The maximum absolute atomic E-state index is 4.47. The topological polar surface area (TPSA) is 17.8 Å². The lowest BCUT2D eigenvalue weighted by atomic mass is 9.96. The molecule has 12 heavy (non-hydrogen) atoms. The van der Waals surface area contributed by atoms with Gasteiger partial charge in [-0.25, -0.2) is 4.98 Å². The zero-order valence-electron chi connectivity index (χ0n) is 8.09. The Morgan fingerprint density at radius 1 is 1.42 bits per heavy atom. The highest BCUT2D eigenvalue weighted by molar-refractivity contribution is 5.14. The molecule has 2 heterocycles. The Hall–Kier alpha value is -0.790. The second-order valence-corrected chi connectivity index (χ2v) is 4.58. The molecular formula is C10H16N2. The zero-order valence-corrected chi connectivity index (χ0v) is 8.09. The number of fused-ring (bicyclic) bond motifs is 1. The smallest absolute Gasteiger partial charge is 0.114 e. The third-order valence-corrected chi connectivity index (χ3v) is 2.42. The van der Waals surface area contributed by atoms with Crippen LogP contribution in [0.5, 0.6) is 0 Å². The van der Waals surface area contributed by atoms with E-state index < -0.39 is 0 Å². The summed E-state index contributed by atoms with van der Waals surface area (Å²) in [7, 11) is 0. The third kappa shape index (κ3) is 1.06. The van der Waals surface area contributed by atoms with Crippen LogP contribution in [-0.2, 0) is 18.4 Å². The summed E-state index contributed by atoms with van der Waals surface area (Å²) in [5.41, 5.74) is 1.61. The van der Waals surface area contributed by atoms with E-state index in [1.165, 1.54) is 30.9 Å². The largest absolute Gasteiger partial charge is 0.332 e. The van der Waals surface area contributed by atoms with E-state index in [1.54, 1.807) is 0 Å². The number of rotatable bonds is 0. The molecule has 2 heteroatoms. The molecular weight excluding hydrogens is 148 g/mol. The Morgan fingerprint density at radius 3 is 2.83 bits per heavy atom. The summed E-state index contributed by atoms with van der Waals surface area (Å²) >= 11 is 0. The Kier molecular flexibility index (Phi) is 1.53. The molecule has 0 unspecified atom stereocenters. The molecule has 1 aromatic rings. The molecule has 0 radical (unpaired) electrons. The molecule has 2 nitrogen and oxygen atoms in total. The van der Waals surface area contributed by atoms with Crippen LogP contribution in [0.1, 0.15) is 38.7 Å². The van der Waals surface area contributed by atoms with Gasteiger partial charge in [0.2, 0.25) is 0 Å². The fourth-order valence-corrected chi connectivity index (χ4v) is 1.88. The molecule has 0 fully saturated rings. The zero-order chi connectivity index (χ0) is 8.77. The summed E-state index contributed by atoms with van der Waals surface area (Å²) < 4.78 is 2.38. The molecule has 0 atom stereocenters. The molecule has 2 rings (SSSR count). The minimum absolute atomic E-state index is 0.197. The normalized spacial score (nSPS) is 16.6. The van der Waals surface area contributed by atoms with Crippen LogP contribution in [0.3, 0.4) is 0 Å². The van der Waals surface area contributed by atoms with Crippen molar-refractivity contribution in [3.8, 4) is 0 Å². The number of imidazole rings is 1. The number of hydrogen-bond acceptors (Lipinski definition) is 1. The Labute approximate surface area is 73.6 Å². The summed E-state index contributed by atoms with van der Waals surface area (Å²) in [6.45, 7) is 7.84. The van der Waals surface area contributed by atoms with Crippen molar-refractivity contribution in [3.63, 3.8) is 0 Å². The summed E-state index contributed by atoms with van der Waals surface area (Å²) in [6.07, 6.45) is 4.54. The van der Waals surface area contributed by atoms with Gasteiger partial charge in [-0.05, 0) is 12.8 Å². The van der Waals surface area contributed by atoms with Gasteiger partial charge in [-0.3, -0.25) is 0 Å². The highest BCUT2D eigenvalue weighted by Gasteiger charge is 2.24. The van der Waals surface area contributed by atoms with Gasteiger partial charge in [0, 0.05) is 23.9 Å². The Morgan fingerprint density at radius 2 is 2.17 bits per heavy atom. The number of hydrogen-bond donors (Lipinski definition) is 0. The maximum atomic E-state index is 4.47. The van der Waals surface area contributed by atoms with E-state index in [1.807, 2.05) is 6.20 Å². The van der Waals surface area contributed by atoms with E-state index >= 15 is 0 Å². The molecule has 0 saturated carbocycles. The van der Waals surface area contributed by atoms with Crippen molar-refractivity contribution in [1.82, 2.24) is 9.55 Å². The first kappa shape index (κ1) is 7.84. The van der Waals surface area contributed by atoms with E-state index in [9.17, 15) is 0 Å². The average molecular weight is 164 g/mol. The van der Waals surface area contributed by atoms with Crippen LogP contribution in [0.2, 0.25) is 0 Å². The molecule has 0 saturated heterocycles. The lowest BCUT2D eigenvalue weighted by Crippen LogP contribution is -2.18. The predicted octanol–water partition coefficient (Wildman–Crippen LogP) is 2.13. The predicted molar refractivity (Wildman–Crippen MR) is 49.2 cm³/mol. The van der Waals surface area contributed by atoms with E-state index in [4.69, 9.17) is 0 Å². The van der Waals surface area contributed by atoms with Gasteiger partial charge >= 0.3 is 0 Å². The lowest BCUT2D eigenvalue weighted by Gasteiger charge is -2.18. The van der Waals surface area contributed by atoms with Crippen molar-refractivity contribution in [3.05, 3.63) is 17.7 Å². The molecule has 0 bridgehead atoms. The lowest BCUT2D eigenvalue weighted by molar-refractivity contribution is 0.507. The molecule has 0 amide bonds. The summed E-state index contributed by atoms with van der Waals surface area (Å²) in [5, 5.41) is 0. The van der Waals surface area contributed by atoms with Crippen LogP contribution >= 0.6 is 0 Å². The summed E-state index contributed by atoms with van der Waals surface area (Å²) in [5.74, 6) is 1.25. The molecule has 0 spiro atoms. The first-order valence-electron chi connectivity index (χ1n) is 4.64. The van der Waals surface area contributed by atoms with Gasteiger partial charge in [-0.1, -0.05) is 20.8 Å². The van der Waals surface area contributed by atoms with Crippen molar-refractivity contribution < 1.29 is 0 Å². The molecule has 0 N–H and O–H groups in total. The van der Waals surface area contributed by atoms with Crippen molar-refractivity contribution >= 4 is 0 Å². The Balaban J connectivity index is 2.46. The first-order chi connectivity index (χ1) is 5.59. The maximum Gasteiger partial charge on any atom is 0.114 e. The number of nitrogens with zero attached hydrogens (tertiary/aromatic N) is 2. The van der Waals surface area contributed by atoms with Crippen molar-refractivity contribution in [1.29, 1.82) is 0 Å². The van der Waals surface area contributed by atoms with Crippen LogP contribution in [0.15, 0.2) is 6.20 Å². The number of aromatic nitrogens is 2. The van der Waals surface area contributed by atoms with E-state index in [0.717, 1.165) is 0 Å². The van der Waals surface area contributed by atoms with Gasteiger partial charge in [0.15, 0.2) is 0 Å². The van der Waals surface area contributed by atoms with E-state index in [-0.39, 0.29) is 5.41 Å². The van der Waals surface area contributed by atoms with E-state index in [2.05, 4.69) is 30.3 Å². The van der Waals surface area contributed by atoms with Crippen LogP contribution in [0.25, 0.3) is 0 Å². The standard InChI is InChI=1S/C10H16N2/c1-10(2,3)9-11-7-8-5-4-6-12(8)9/h7H,4-6H2,1-3H3. The fraction of sp³-hybridized carbons (Fsp3) is 0.700. The average Bonchev–Trinajstić information content (AvgIpc) is 2.37. The van der Waals surface area contributed by atoms with Crippen LogP contribution in [0, 0.1) is 0 Å². The molecule has 1 aliphatic rings. The molecule has 0 aromatic carbocycles. The molecule has 0 aliphatic carbocycles. The third-order valence-electron chi connectivity index (χ3n) is 2.42. The Bertz CT molecular complexity index is 291. The second-order valence-electron chi connectivity index (χ2n) is 4.58. The van der Waals surface area contributed by atoms with Gasteiger partial charge in [-0.2, -0.15) is 0 Å². The van der Waals surface area contributed by atoms with Crippen LogP contribution in [0.4, 0.5) is 0 Å².